The molecule has 28 heavy (non-hydrogen) atoms. The Hall–Kier alpha value is -2.12. The molecule has 1 aromatic rings. The number of fused-ring (bicyclic) bond motifs is 1. The monoisotopic (exact) mass is 384 g/mol. The first-order chi connectivity index (χ1) is 13.5. The van der Waals surface area contributed by atoms with Crippen molar-refractivity contribution in [2.45, 2.75) is 36.6 Å². The number of nitrogens with two attached hydrogens (primary N) is 1. The van der Waals surface area contributed by atoms with Gasteiger partial charge in [0.25, 0.3) is 0 Å². The molecule has 4 aliphatic rings. The number of ether oxygens (including phenoxy) is 1. The normalized spacial score (nSPS) is 29.2. The van der Waals surface area contributed by atoms with Crippen molar-refractivity contribution >= 4 is 17.6 Å². The number of hydrogen-bond acceptors (Lipinski definition) is 4. The number of urea groups is 1. The smallest absolute Gasteiger partial charge is 0.325 e. The van der Waals surface area contributed by atoms with Crippen LogP contribution in [-0.4, -0.2) is 73.2 Å². The van der Waals surface area contributed by atoms with Crippen LogP contribution in [0.4, 0.5) is 10.5 Å². The fourth-order valence-corrected chi connectivity index (χ4v) is 5.20. The molecule has 0 radical (unpaired) electrons. The number of morpholine rings is 1. The Bertz CT molecular complexity index is 785. The largest absolute Gasteiger partial charge is 0.379 e. The highest BCUT2D eigenvalue weighted by molar-refractivity contribution is 6.02. The molecule has 3 heterocycles. The highest BCUT2D eigenvalue weighted by atomic mass is 16.5. The van der Waals surface area contributed by atoms with Crippen LogP contribution in [0, 0.1) is 0 Å². The average Bonchev–Trinajstić information content (AvgIpc) is 3.25. The minimum Gasteiger partial charge on any atom is -0.379 e. The Balaban J connectivity index is 1.33. The highest BCUT2D eigenvalue weighted by Crippen LogP contribution is 2.49. The number of benzene rings is 1. The maximum atomic E-state index is 12.9. The first kappa shape index (κ1) is 17.9. The lowest BCUT2D eigenvalue weighted by Gasteiger charge is -2.31. The van der Waals surface area contributed by atoms with Gasteiger partial charge in [-0.3, -0.25) is 14.6 Å². The van der Waals surface area contributed by atoms with Gasteiger partial charge in [-0.2, -0.15) is 0 Å². The highest BCUT2D eigenvalue weighted by Gasteiger charge is 2.56. The Morgan fingerprint density at radius 2 is 1.79 bits per heavy atom. The van der Waals surface area contributed by atoms with E-state index in [-0.39, 0.29) is 17.4 Å². The van der Waals surface area contributed by atoms with Crippen LogP contribution >= 0.6 is 0 Å². The Kier molecular flexibility index (Phi) is 4.14. The fraction of sp³-hybridized carbons (Fsp3) is 0.619. The summed E-state index contributed by atoms with van der Waals surface area (Å²) in [7, 11) is 0. The van der Waals surface area contributed by atoms with E-state index in [1.165, 1.54) is 18.4 Å². The van der Waals surface area contributed by atoms with Crippen molar-refractivity contribution in [1.82, 2.24) is 9.80 Å². The van der Waals surface area contributed by atoms with Gasteiger partial charge in [0.1, 0.15) is 5.54 Å². The topological polar surface area (TPSA) is 79.1 Å². The summed E-state index contributed by atoms with van der Waals surface area (Å²) in [4.78, 5) is 30.9. The molecule has 1 aliphatic carbocycles. The molecule has 5 rings (SSSR count). The number of hydrogen-bond donors (Lipinski definition) is 1. The minimum atomic E-state index is -0.830. The van der Waals surface area contributed by atoms with Gasteiger partial charge < -0.3 is 15.4 Å². The quantitative estimate of drug-likeness (QED) is 0.830. The fourth-order valence-electron chi connectivity index (χ4n) is 5.20. The lowest BCUT2D eigenvalue weighted by molar-refractivity contribution is -0.125. The molecular weight excluding hydrogens is 356 g/mol. The second-order valence-electron chi connectivity index (χ2n) is 8.74. The molecule has 3 aliphatic heterocycles. The number of nitrogens with zero attached hydrogens (tertiary/aromatic N) is 3. The molecule has 7 nitrogen and oxygen atoms in total. The molecule has 3 amide bonds. The van der Waals surface area contributed by atoms with E-state index in [0.29, 0.717) is 19.5 Å². The third-order valence-corrected chi connectivity index (χ3v) is 7.10. The maximum absolute atomic E-state index is 12.9. The summed E-state index contributed by atoms with van der Waals surface area (Å²) in [5.41, 5.74) is 7.30. The molecule has 1 saturated carbocycles. The van der Waals surface area contributed by atoms with E-state index in [1.807, 2.05) is 12.1 Å². The SMILES string of the molecule is NC(=O)[C@]12CCCN1C(=O)N(c1ccc(C3(CN4CCOCC4)CC3)cc1)C2. The van der Waals surface area contributed by atoms with E-state index in [2.05, 4.69) is 17.0 Å². The molecule has 7 heteroatoms. The third-order valence-electron chi connectivity index (χ3n) is 7.10. The number of carbonyl (C=O) groups is 2. The Morgan fingerprint density at radius 1 is 1.07 bits per heavy atom. The van der Waals surface area contributed by atoms with Gasteiger partial charge in [-0.05, 0) is 43.4 Å². The van der Waals surface area contributed by atoms with Crippen molar-refractivity contribution in [2.75, 3.05) is 50.8 Å². The van der Waals surface area contributed by atoms with Crippen molar-refractivity contribution in [1.29, 1.82) is 0 Å². The van der Waals surface area contributed by atoms with E-state index >= 15 is 0 Å². The number of primary amides is 1. The van der Waals surface area contributed by atoms with Crippen LogP contribution in [-0.2, 0) is 14.9 Å². The summed E-state index contributed by atoms with van der Waals surface area (Å²) in [6, 6.07) is 8.29. The minimum absolute atomic E-state index is 0.0986. The molecule has 1 atom stereocenters. The summed E-state index contributed by atoms with van der Waals surface area (Å²) < 4.78 is 5.46. The molecule has 4 fully saturated rings. The molecule has 2 N–H and O–H groups in total. The standard InChI is InChI=1S/C21H28N4O3/c22-18(26)21-6-1-9-25(21)19(27)24(15-21)17-4-2-16(3-5-17)20(7-8-20)14-23-10-12-28-13-11-23/h2-5H,1,6-15H2,(H2,22,26)/t21-/m1/s1. The van der Waals surface area contributed by atoms with Crippen LogP contribution in [0.5, 0.6) is 0 Å². The second kappa shape index (κ2) is 6.46. The molecule has 0 unspecified atom stereocenters. The molecule has 1 aromatic carbocycles. The van der Waals surface area contributed by atoms with Crippen LogP contribution in [0.1, 0.15) is 31.2 Å². The summed E-state index contributed by atoms with van der Waals surface area (Å²) in [6.45, 7) is 5.71. The van der Waals surface area contributed by atoms with Gasteiger partial charge in [-0.15, -0.1) is 0 Å². The van der Waals surface area contributed by atoms with Crippen LogP contribution < -0.4 is 10.6 Å². The van der Waals surface area contributed by atoms with Crippen LogP contribution in [0.25, 0.3) is 0 Å². The van der Waals surface area contributed by atoms with Crippen LogP contribution in [0.15, 0.2) is 24.3 Å². The van der Waals surface area contributed by atoms with Crippen molar-refractivity contribution in [3.8, 4) is 0 Å². The van der Waals surface area contributed by atoms with E-state index < -0.39 is 5.54 Å². The zero-order chi connectivity index (χ0) is 19.4. The predicted molar refractivity (Wildman–Crippen MR) is 105 cm³/mol. The second-order valence-corrected chi connectivity index (χ2v) is 8.74. The Morgan fingerprint density at radius 3 is 2.39 bits per heavy atom. The summed E-state index contributed by atoms with van der Waals surface area (Å²) in [5.74, 6) is -0.389. The number of amides is 3. The third kappa shape index (κ3) is 2.71. The van der Waals surface area contributed by atoms with Gasteiger partial charge in [0.2, 0.25) is 5.91 Å². The first-order valence-electron chi connectivity index (χ1n) is 10.3. The van der Waals surface area contributed by atoms with Gasteiger partial charge in [0.15, 0.2) is 0 Å². The lowest BCUT2D eigenvalue weighted by Crippen LogP contribution is -2.52. The summed E-state index contributed by atoms with van der Waals surface area (Å²) >= 11 is 0. The molecule has 0 spiro atoms. The van der Waals surface area contributed by atoms with Crippen LogP contribution in [0.2, 0.25) is 0 Å². The molecule has 3 saturated heterocycles. The number of anilines is 1. The van der Waals surface area contributed by atoms with Crippen LogP contribution in [0.3, 0.4) is 0 Å². The number of rotatable bonds is 5. The van der Waals surface area contributed by atoms with Gasteiger partial charge in [0.05, 0.1) is 19.8 Å². The number of carbonyl (C=O) groups excluding carboxylic acids is 2. The van der Waals surface area contributed by atoms with E-state index in [4.69, 9.17) is 10.5 Å². The van der Waals surface area contributed by atoms with Gasteiger partial charge in [0, 0.05) is 37.3 Å². The van der Waals surface area contributed by atoms with Crippen molar-refractivity contribution in [3.05, 3.63) is 29.8 Å². The van der Waals surface area contributed by atoms with E-state index in [0.717, 1.165) is 45.0 Å². The zero-order valence-electron chi connectivity index (χ0n) is 16.2. The molecule has 150 valence electrons. The predicted octanol–water partition coefficient (Wildman–Crippen LogP) is 1.31. The summed E-state index contributed by atoms with van der Waals surface area (Å²) in [5, 5.41) is 0. The average molecular weight is 384 g/mol. The molecule has 0 bridgehead atoms. The lowest BCUT2D eigenvalue weighted by atomic mass is 9.94. The van der Waals surface area contributed by atoms with Gasteiger partial charge >= 0.3 is 6.03 Å². The zero-order valence-corrected chi connectivity index (χ0v) is 16.2. The maximum Gasteiger partial charge on any atom is 0.325 e. The Labute approximate surface area is 165 Å². The first-order valence-corrected chi connectivity index (χ1v) is 10.3. The molecular formula is C21H28N4O3. The molecule has 0 aromatic heterocycles. The van der Waals surface area contributed by atoms with Gasteiger partial charge in [-0.25, -0.2) is 4.79 Å². The van der Waals surface area contributed by atoms with Crippen molar-refractivity contribution in [3.63, 3.8) is 0 Å². The summed E-state index contributed by atoms with van der Waals surface area (Å²) in [6.07, 6.45) is 3.92. The van der Waals surface area contributed by atoms with E-state index in [1.54, 1.807) is 9.80 Å². The van der Waals surface area contributed by atoms with Crippen molar-refractivity contribution < 1.29 is 14.3 Å². The van der Waals surface area contributed by atoms with Crippen molar-refractivity contribution in [2.24, 2.45) is 5.73 Å². The van der Waals surface area contributed by atoms with E-state index in [9.17, 15) is 9.59 Å². The van der Waals surface area contributed by atoms with Gasteiger partial charge in [-0.1, -0.05) is 12.1 Å².